The van der Waals surface area contributed by atoms with E-state index >= 15 is 0 Å². The van der Waals surface area contributed by atoms with Crippen LogP contribution in [0.5, 0.6) is 0 Å². The van der Waals surface area contributed by atoms with Crippen molar-refractivity contribution in [2.45, 2.75) is 19.6 Å². The lowest BCUT2D eigenvalue weighted by molar-refractivity contribution is -0.121. The molecule has 3 N–H and O–H groups in total. The Morgan fingerprint density at radius 1 is 1.44 bits per heavy atom. The Hall–Kier alpha value is -0.450. The minimum atomic E-state index is -1.46. The Labute approximate surface area is 53.7 Å². The summed E-state index contributed by atoms with van der Waals surface area (Å²) in [7, 11) is 0. The molecule has 0 radical (unpaired) electrons. The minimum absolute atomic E-state index is 0. The summed E-state index contributed by atoms with van der Waals surface area (Å²) in [6.45, 7) is -0.597. The van der Waals surface area contributed by atoms with E-state index in [1.54, 1.807) is 0 Å². The van der Waals surface area contributed by atoms with Crippen LogP contribution in [0.3, 0.4) is 0 Å². The Balaban J connectivity index is 0. The van der Waals surface area contributed by atoms with Gasteiger partial charge in [0, 0.05) is 0 Å². The summed E-state index contributed by atoms with van der Waals surface area (Å²) in [4.78, 5) is 9.58. The van der Waals surface area contributed by atoms with Crippen molar-refractivity contribution in [3.8, 4) is 0 Å². The van der Waals surface area contributed by atoms with Crippen LogP contribution in [0.15, 0.2) is 0 Å². The zero-order chi connectivity index (χ0) is 6.57. The minimum Gasteiger partial charge on any atom is -0.394 e. The molecule has 0 fully saturated rings. The third-order valence-corrected chi connectivity index (χ3v) is 0.721. The second kappa shape index (κ2) is 5.68. The molecule has 9 heavy (non-hydrogen) atoms. The molecule has 0 aromatic carbocycles. The molecular formula is C5H12O4. The second-order valence-corrected chi connectivity index (χ2v) is 1.38. The number of aldehydes is 1. The van der Waals surface area contributed by atoms with Gasteiger partial charge >= 0.3 is 0 Å². The quantitative estimate of drug-likeness (QED) is 0.414. The molecule has 0 aromatic rings. The van der Waals surface area contributed by atoms with E-state index in [2.05, 4.69) is 0 Å². The zero-order valence-corrected chi connectivity index (χ0v) is 4.19. The van der Waals surface area contributed by atoms with E-state index in [0.717, 1.165) is 0 Å². The highest BCUT2D eigenvalue weighted by Gasteiger charge is 2.12. The van der Waals surface area contributed by atoms with Crippen LogP contribution < -0.4 is 0 Å². The van der Waals surface area contributed by atoms with Gasteiger partial charge in [0.05, 0.1) is 6.61 Å². The van der Waals surface area contributed by atoms with Crippen molar-refractivity contribution >= 4 is 6.29 Å². The number of hydrogen-bond donors (Lipinski definition) is 3. The Morgan fingerprint density at radius 3 is 2.00 bits per heavy atom. The predicted molar refractivity (Wildman–Crippen MR) is 31.9 cm³/mol. The highest BCUT2D eigenvalue weighted by Crippen LogP contribution is 1.85. The maximum Gasteiger partial charge on any atom is 0.151 e. The molecular weight excluding hydrogens is 124 g/mol. The molecule has 0 rings (SSSR count). The van der Waals surface area contributed by atoms with E-state index in [-0.39, 0.29) is 13.7 Å². The summed E-state index contributed by atoms with van der Waals surface area (Å²) in [5, 5.41) is 24.8. The average molecular weight is 136 g/mol. The van der Waals surface area contributed by atoms with Gasteiger partial charge in [0.2, 0.25) is 0 Å². The molecule has 0 saturated heterocycles. The van der Waals surface area contributed by atoms with Gasteiger partial charge in [-0.3, -0.25) is 0 Å². The molecule has 0 aromatic heterocycles. The fourth-order valence-electron chi connectivity index (χ4n) is 0.199. The number of carbonyl (C=O) groups excluding carboxylic acids is 1. The lowest BCUT2D eigenvalue weighted by Crippen LogP contribution is -2.30. The molecule has 0 amide bonds. The first-order chi connectivity index (χ1) is 3.72. The first kappa shape index (κ1) is 11.4. The monoisotopic (exact) mass is 136 g/mol. The average Bonchev–Trinajstić information content (AvgIpc) is 1.84. The summed E-state index contributed by atoms with van der Waals surface area (Å²) in [5.41, 5.74) is 0. The first-order valence-corrected chi connectivity index (χ1v) is 2.14. The molecule has 2 atom stereocenters. The van der Waals surface area contributed by atoms with E-state index in [4.69, 9.17) is 15.3 Å². The van der Waals surface area contributed by atoms with Crippen LogP contribution in [0.4, 0.5) is 0 Å². The zero-order valence-electron chi connectivity index (χ0n) is 4.19. The van der Waals surface area contributed by atoms with E-state index in [1.807, 2.05) is 0 Å². The molecule has 4 heteroatoms. The highest BCUT2D eigenvalue weighted by atomic mass is 16.4. The van der Waals surface area contributed by atoms with Crippen LogP contribution in [-0.4, -0.2) is 40.4 Å². The lowest BCUT2D eigenvalue weighted by atomic mass is 10.2. The molecule has 0 aliphatic carbocycles. The standard InChI is InChI=1S/C4H8O4.CH4/c5-1-3(7)4(8)2-6;/h1,3-4,6-8H,2H2;1H4. The smallest absolute Gasteiger partial charge is 0.151 e. The van der Waals surface area contributed by atoms with Gasteiger partial charge in [0.15, 0.2) is 6.29 Å². The lowest BCUT2D eigenvalue weighted by Gasteiger charge is -2.06. The third kappa shape index (κ3) is 4.08. The van der Waals surface area contributed by atoms with Gasteiger partial charge in [-0.1, -0.05) is 7.43 Å². The summed E-state index contributed by atoms with van der Waals surface area (Å²) < 4.78 is 0. The van der Waals surface area contributed by atoms with E-state index in [0.29, 0.717) is 0 Å². The van der Waals surface area contributed by atoms with Crippen molar-refractivity contribution in [2.24, 2.45) is 0 Å². The van der Waals surface area contributed by atoms with Crippen LogP contribution in [-0.2, 0) is 4.79 Å². The molecule has 0 aliphatic heterocycles. The summed E-state index contributed by atoms with van der Waals surface area (Å²) in [6, 6.07) is 0. The summed E-state index contributed by atoms with van der Waals surface area (Å²) in [6.07, 6.45) is -2.63. The fraction of sp³-hybridized carbons (Fsp3) is 0.800. The maximum absolute atomic E-state index is 9.58. The number of aliphatic hydroxyl groups is 3. The number of aliphatic hydroxyl groups excluding tert-OH is 3. The topological polar surface area (TPSA) is 77.8 Å². The Kier molecular flexibility index (Phi) is 7.17. The third-order valence-electron chi connectivity index (χ3n) is 0.721. The molecule has 0 aliphatic rings. The van der Waals surface area contributed by atoms with Gasteiger partial charge in [-0.15, -0.1) is 0 Å². The Bertz CT molecular complexity index is 73.4. The van der Waals surface area contributed by atoms with Gasteiger partial charge in [-0.2, -0.15) is 0 Å². The molecule has 2 unspecified atom stereocenters. The summed E-state index contributed by atoms with van der Waals surface area (Å²) >= 11 is 0. The summed E-state index contributed by atoms with van der Waals surface area (Å²) in [5.74, 6) is 0. The van der Waals surface area contributed by atoms with E-state index in [9.17, 15) is 4.79 Å². The van der Waals surface area contributed by atoms with Crippen molar-refractivity contribution in [3.05, 3.63) is 0 Å². The van der Waals surface area contributed by atoms with Crippen LogP contribution in [0.25, 0.3) is 0 Å². The van der Waals surface area contributed by atoms with Gasteiger partial charge in [0.1, 0.15) is 12.2 Å². The normalized spacial score (nSPS) is 15.4. The fourth-order valence-corrected chi connectivity index (χ4v) is 0.199. The van der Waals surface area contributed by atoms with Gasteiger partial charge in [-0.05, 0) is 0 Å². The number of carbonyl (C=O) groups is 1. The molecule has 0 spiro atoms. The molecule has 4 nitrogen and oxygen atoms in total. The van der Waals surface area contributed by atoms with Crippen molar-refractivity contribution < 1.29 is 20.1 Å². The molecule has 0 heterocycles. The van der Waals surface area contributed by atoms with Crippen LogP contribution in [0.1, 0.15) is 7.43 Å². The van der Waals surface area contributed by atoms with Crippen molar-refractivity contribution in [2.75, 3.05) is 6.61 Å². The van der Waals surface area contributed by atoms with Crippen molar-refractivity contribution in [3.63, 3.8) is 0 Å². The van der Waals surface area contributed by atoms with Gasteiger partial charge in [-0.25, -0.2) is 0 Å². The van der Waals surface area contributed by atoms with Crippen LogP contribution >= 0.6 is 0 Å². The molecule has 0 saturated carbocycles. The molecule has 56 valence electrons. The number of rotatable bonds is 3. The van der Waals surface area contributed by atoms with Crippen LogP contribution in [0, 0.1) is 0 Å². The van der Waals surface area contributed by atoms with Crippen molar-refractivity contribution in [1.82, 2.24) is 0 Å². The SMILES string of the molecule is C.O=CC(O)C(O)CO. The predicted octanol–water partition coefficient (Wildman–Crippen LogP) is -1.46. The van der Waals surface area contributed by atoms with Crippen LogP contribution in [0.2, 0.25) is 0 Å². The number of hydrogen-bond acceptors (Lipinski definition) is 4. The van der Waals surface area contributed by atoms with Gasteiger partial charge < -0.3 is 20.1 Å². The van der Waals surface area contributed by atoms with Gasteiger partial charge in [0.25, 0.3) is 0 Å². The Morgan fingerprint density at radius 2 is 1.89 bits per heavy atom. The second-order valence-electron chi connectivity index (χ2n) is 1.38. The maximum atomic E-state index is 9.58. The highest BCUT2D eigenvalue weighted by molar-refractivity contribution is 5.56. The first-order valence-electron chi connectivity index (χ1n) is 2.14. The molecule has 0 bridgehead atoms. The van der Waals surface area contributed by atoms with E-state index in [1.165, 1.54) is 0 Å². The van der Waals surface area contributed by atoms with Crippen molar-refractivity contribution in [1.29, 1.82) is 0 Å². The largest absolute Gasteiger partial charge is 0.394 e. The van der Waals surface area contributed by atoms with E-state index < -0.39 is 18.8 Å².